The minimum atomic E-state index is -0.972. The van der Waals surface area contributed by atoms with Gasteiger partial charge in [0.25, 0.3) is 0 Å². The van der Waals surface area contributed by atoms with Gasteiger partial charge in [-0.2, -0.15) is 9.97 Å². The molecule has 3 N–H and O–H groups in total. The van der Waals surface area contributed by atoms with Crippen molar-refractivity contribution in [2.24, 2.45) is 0 Å². The normalized spacial score (nSPS) is 27.0. The molecule has 1 saturated heterocycles. The van der Waals surface area contributed by atoms with Crippen molar-refractivity contribution < 1.29 is 14.6 Å². The molecule has 8 nitrogen and oxygen atoms in total. The zero-order valence-electron chi connectivity index (χ0n) is 10.7. The summed E-state index contributed by atoms with van der Waals surface area (Å²) in [5.74, 6) is 0.391. The third kappa shape index (κ3) is 1.80. The third-order valence-electron chi connectivity index (χ3n) is 3.27. The minimum Gasteiger partial charge on any atom is -0.479 e. The zero-order chi connectivity index (χ0) is 13.6. The molecule has 1 fully saturated rings. The van der Waals surface area contributed by atoms with E-state index in [1.807, 2.05) is 0 Å². The number of ether oxygens (including phenoxy) is 2. The van der Waals surface area contributed by atoms with E-state index in [0.29, 0.717) is 30.1 Å². The lowest BCUT2D eigenvalue weighted by Gasteiger charge is -2.24. The van der Waals surface area contributed by atoms with Gasteiger partial charge in [0.05, 0.1) is 20.0 Å². The van der Waals surface area contributed by atoms with Crippen LogP contribution in [0.4, 0.5) is 5.95 Å². The molecule has 0 radical (unpaired) electrons. The van der Waals surface area contributed by atoms with Crippen molar-refractivity contribution >= 4 is 17.1 Å². The largest absolute Gasteiger partial charge is 0.479 e. The molecule has 2 atom stereocenters. The number of rotatable bonds is 2. The lowest BCUT2D eigenvalue weighted by molar-refractivity contribution is -0.0657. The van der Waals surface area contributed by atoms with Crippen LogP contribution in [0.2, 0.25) is 0 Å². The number of fused-ring (bicyclic) bond motifs is 1. The number of hydrogen-bond acceptors (Lipinski definition) is 7. The van der Waals surface area contributed by atoms with Crippen molar-refractivity contribution in [3.63, 3.8) is 0 Å². The van der Waals surface area contributed by atoms with E-state index in [2.05, 4.69) is 15.0 Å². The van der Waals surface area contributed by atoms with Crippen molar-refractivity contribution in [3.05, 3.63) is 6.33 Å². The maximum Gasteiger partial charge on any atom is 0.246 e. The molecule has 0 amide bonds. The second-order valence-electron chi connectivity index (χ2n) is 4.75. The molecule has 102 valence electrons. The summed E-state index contributed by atoms with van der Waals surface area (Å²) in [5.41, 5.74) is 5.65. The van der Waals surface area contributed by atoms with Crippen molar-refractivity contribution in [2.75, 3.05) is 19.5 Å². The first-order valence-corrected chi connectivity index (χ1v) is 5.91. The molecule has 1 aliphatic rings. The van der Waals surface area contributed by atoms with Gasteiger partial charge in [0.2, 0.25) is 11.8 Å². The van der Waals surface area contributed by atoms with Gasteiger partial charge in [-0.3, -0.25) is 4.57 Å². The van der Waals surface area contributed by atoms with E-state index in [1.165, 1.54) is 7.11 Å². The average Bonchev–Trinajstić information content (AvgIpc) is 2.90. The molecule has 3 heterocycles. The Balaban J connectivity index is 2.18. The Morgan fingerprint density at radius 3 is 3.00 bits per heavy atom. The molecule has 3 rings (SSSR count). The predicted molar refractivity (Wildman–Crippen MR) is 66.5 cm³/mol. The van der Waals surface area contributed by atoms with E-state index in [0.717, 1.165) is 0 Å². The molecule has 19 heavy (non-hydrogen) atoms. The Kier molecular flexibility index (Phi) is 2.58. The van der Waals surface area contributed by atoms with Crippen molar-refractivity contribution in [1.82, 2.24) is 19.5 Å². The van der Waals surface area contributed by atoms with Crippen LogP contribution in [0.15, 0.2) is 6.33 Å². The number of aromatic nitrogens is 4. The number of nitrogens with zero attached hydrogens (tertiary/aromatic N) is 4. The highest BCUT2D eigenvalue weighted by Gasteiger charge is 2.40. The van der Waals surface area contributed by atoms with Crippen molar-refractivity contribution in [1.29, 1.82) is 0 Å². The van der Waals surface area contributed by atoms with Crippen LogP contribution in [0.25, 0.3) is 11.2 Å². The molecule has 2 aromatic heterocycles. The highest BCUT2D eigenvalue weighted by Crippen LogP contribution is 2.36. The summed E-state index contributed by atoms with van der Waals surface area (Å²) in [6.45, 7) is 2.20. The van der Waals surface area contributed by atoms with E-state index in [-0.39, 0.29) is 5.95 Å². The first-order chi connectivity index (χ1) is 9.03. The molecule has 0 unspecified atom stereocenters. The summed E-state index contributed by atoms with van der Waals surface area (Å²) in [4.78, 5) is 12.3. The van der Waals surface area contributed by atoms with E-state index < -0.39 is 11.8 Å². The highest BCUT2D eigenvalue weighted by molar-refractivity contribution is 5.77. The second kappa shape index (κ2) is 4.04. The predicted octanol–water partition coefficient (Wildman–Crippen LogP) is 0.0870. The van der Waals surface area contributed by atoms with Crippen LogP contribution in [-0.2, 0) is 4.74 Å². The van der Waals surface area contributed by atoms with E-state index >= 15 is 0 Å². The fourth-order valence-corrected chi connectivity index (χ4v) is 2.28. The second-order valence-corrected chi connectivity index (χ2v) is 4.75. The lowest BCUT2D eigenvalue weighted by atomic mass is 10.0. The first-order valence-electron chi connectivity index (χ1n) is 5.91. The summed E-state index contributed by atoms with van der Waals surface area (Å²) in [6, 6.07) is 0. The van der Waals surface area contributed by atoms with E-state index in [9.17, 15) is 5.11 Å². The highest BCUT2D eigenvalue weighted by atomic mass is 16.5. The number of nitrogens with two attached hydrogens (primary N) is 1. The first kappa shape index (κ1) is 12.1. The molecule has 0 bridgehead atoms. The van der Waals surface area contributed by atoms with Gasteiger partial charge in [0.15, 0.2) is 17.4 Å². The Labute approximate surface area is 109 Å². The Morgan fingerprint density at radius 2 is 2.37 bits per heavy atom. The van der Waals surface area contributed by atoms with Gasteiger partial charge in [-0.1, -0.05) is 0 Å². The summed E-state index contributed by atoms with van der Waals surface area (Å²) >= 11 is 0. The summed E-state index contributed by atoms with van der Waals surface area (Å²) in [7, 11) is 1.49. The van der Waals surface area contributed by atoms with Gasteiger partial charge in [-0.05, 0) is 6.92 Å². The molecular weight excluding hydrogens is 250 g/mol. The Bertz CT molecular complexity index is 624. The van der Waals surface area contributed by atoms with Crippen LogP contribution in [-0.4, -0.2) is 43.9 Å². The smallest absolute Gasteiger partial charge is 0.246 e. The topological polar surface area (TPSA) is 108 Å². The van der Waals surface area contributed by atoms with Gasteiger partial charge in [0, 0.05) is 6.42 Å². The fraction of sp³-hybridized carbons (Fsp3) is 0.545. The standard InChI is InChI=1S/C11H15N5O3/c1-11(17)3-4-19-9(11)16-5-13-6-7(16)14-10(12)15-8(6)18-2/h5,9,17H,3-4H2,1-2H3,(H2,12,14,15)/t9-,11-/m1/s1. The molecule has 0 saturated carbocycles. The minimum absolute atomic E-state index is 0.0868. The number of hydrogen-bond donors (Lipinski definition) is 2. The monoisotopic (exact) mass is 265 g/mol. The summed E-state index contributed by atoms with van der Waals surface area (Å²) in [6.07, 6.45) is 1.55. The number of nitrogen functional groups attached to an aromatic ring is 1. The summed E-state index contributed by atoms with van der Waals surface area (Å²) in [5, 5.41) is 10.3. The number of aliphatic hydroxyl groups is 1. The van der Waals surface area contributed by atoms with Crippen LogP contribution < -0.4 is 10.5 Å². The van der Waals surface area contributed by atoms with E-state index in [4.69, 9.17) is 15.2 Å². The fourth-order valence-electron chi connectivity index (χ4n) is 2.28. The average molecular weight is 265 g/mol. The van der Waals surface area contributed by atoms with E-state index in [1.54, 1.807) is 17.8 Å². The Hall–Kier alpha value is -1.93. The van der Waals surface area contributed by atoms with Gasteiger partial charge in [0.1, 0.15) is 5.60 Å². The maximum absolute atomic E-state index is 10.3. The number of methoxy groups -OCH3 is 1. The van der Waals surface area contributed by atoms with Crippen LogP contribution in [0.1, 0.15) is 19.6 Å². The molecule has 2 aromatic rings. The van der Waals surface area contributed by atoms with Gasteiger partial charge >= 0.3 is 0 Å². The van der Waals surface area contributed by atoms with Crippen molar-refractivity contribution in [3.8, 4) is 5.88 Å². The molecule has 0 aliphatic carbocycles. The SMILES string of the molecule is COc1nc(N)nc2c1ncn2[C@@H]1OCC[C@@]1(C)O. The molecule has 0 aromatic carbocycles. The lowest BCUT2D eigenvalue weighted by Crippen LogP contribution is -2.31. The molecule has 1 aliphatic heterocycles. The molecular formula is C11H15N5O3. The quantitative estimate of drug-likeness (QED) is 0.791. The van der Waals surface area contributed by atoms with Crippen molar-refractivity contribution in [2.45, 2.75) is 25.2 Å². The van der Waals surface area contributed by atoms with Crippen LogP contribution in [0.5, 0.6) is 5.88 Å². The Morgan fingerprint density at radius 1 is 1.58 bits per heavy atom. The zero-order valence-corrected chi connectivity index (χ0v) is 10.7. The van der Waals surface area contributed by atoms with Gasteiger partial charge in [-0.25, -0.2) is 4.98 Å². The van der Waals surface area contributed by atoms with Gasteiger partial charge < -0.3 is 20.3 Å². The number of anilines is 1. The third-order valence-corrected chi connectivity index (χ3v) is 3.27. The van der Waals surface area contributed by atoms with Crippen LogP contribution in [0.3, 0.4) is 0 Å². The maximum atomic E-state index is 10.3. The number of imidazole rings is 1. The summed E-state index contributed by atoms with van der Waals surface area (Å²) < 4.78 is 12.3. The van der Waals surface area contributed by atoms with Crippen LogP contribution >= 0.6 is 0 Å². The van der Waals surface area contributed by atoms with Gasteiger partial charge in [-0.15, -0.1) is 0 Å². The molecule has 0 spiro atoms. The molecule has 8 heteroatoms. The van der Waals surface area contributed by atoms with Crippen LogP contribution in [0, 0.1) is 0 Å².